The van der Waals surface area contributed by atoms with Gasteiger partial charge in [0, 0.05) is 25.2 Å². The summed E-state index contributed by atoms with van der Waals surface area (Å²) < 4.78 is 20.4. The van der Waals surface area contributed by atoms with Crippen LogP contribution in [0.1, 0.15) is 169 Å². The molecule has 1 unspecified atom stereocenters. The van der Waals surface area contributed by atoms with Crippen LogP contribution in [0.15, 0.2) is 0 Å². The van der Waals surface area contributed by atoms with Crippen LogP contribution in [0.2, 0.25) is 0 Å². The molecule has 11 atom stereocenters. The van der Waals surface area contributed by atoms with Gasteiger partial charge < -0.3 is 36.7 Å². The highest BCUT2D eigenvalue weighted by Crippen LogP contribution is 2.69. The largest absolute Gasteiger partial charge is 0.378 e. The lowest BCUT2D eigenvalue weighted by atomic mass is 9.43. The van der Waals surface area contributed by atoms with Gasteiger partial charge in [0.05, 0.1) is 18.3 Å². The molecule has 0 amide bonds. The van der Waals surface area contributed by atoms with Gasteiger partial charge in [0.2, 0.25) is 0 Å². The minimum atomic E-state index is 0.180. The highest BCUT2D eigenvalue weighted by Gasteiger charge is 2.66. The van der Waals surface area contributed by atoms with Crippen LogP contribution in [0.5, 0.6) is 0 Å². The van der Waals surface area contributed by atoms with Crippen LogP contribution in [0, 0.1) is 46.3 Å². The number of ether oxygens (including phenoxy) is 3. The van der Waals surface area contributed by atoms with Gasteiger partial charge in [-0.05, 0) is 157 Å². The second-order valence-corrected chi connectivity index (χ2v) is 18.5. The van der Waals surface area contributed by atoms with Gasteiger partial charge in [-0.15, -0.1) is 0 Å². The Labute approximate surface area is 322 Å². The van der Waals surface area contributed by atoms with Gasteiger partial charge in [0.25, 0.3) is 0 Å². The summed E-state index contributed by atoms with van der Waals surface area (Å²) in [5, 5.41) is 3.80. The zero-order chi connectivity index (χ0) is 37.2. The van der Waals surface area contributed by atoms with Crippen molar-refractivity contribution in [1.29, 1.82) is 0 Å². The van der Waals surface area contributed by atoms with E-state index in [2.05, 4.69) is 33.0 Å². The molecule has 4 aliphatic rings. The molecule has 4 aliphatic carbocycles. The molecule has 0 radical (unpaired) electrons. The molecule has 4 saturated carbocycles. The summed E-state index contributed by atoms with van der Waals surface area (Å²) >= 11 is 0. The fourth-order valence-electron chi connectivity index (χ4n) is 12.2. The highest BCUT2D eigenvalue weighted by molar-refractivity contribution is 5.15. The maximum Gasteiger partial charge on any atom is 0.0637 e. The van der Waals surface area contributed by atoms with E-state index >= 15 is 0 Å². The van der Waals surface area contributed by atoms with Crippen molar-refractivity contribution in [2.24, 2.45) is 63.5 Å². The van der Waals surface area contributed by atoms with Crippen LogP contribution in [-0.4, -0.2) is 70.9 Å². The number of nitrogens with one attached hydrogen (secondary N) is 1. The van der Waals surface area contributed by atoms with Crippen LogP contribution < -0.4 is 22.5 Å². The van der Waals surface area contributed by atoms with Crippen LogP contribution >= 0.6 is 0 Å². The van der Waals surface area contributed by atoms with E-state index in [1.165, 1.54) is 122 Å². The third-order valence-corrected chi connectivity index (χ3v) is 15.2. The smallest absolute Gasteiger partial charge is 0.0637 e. The average molecular weight is 733 g/mol. The maximum atomic E-state index is 7.06. The Hall–Kier alpha value is -0.280. The van der Waals surface area contributed by atoms with Gasteiger partial charge in [-0.25, -0.2) is 0 Å². The van der Waals surface area contributed by atoms with Gasteiger partial charge in [0.1, 0.15) is 0 Å². The SMILES string of the molecule is CCCCCCCCCCCCNCCC[C@@H](C)[C@H]1CC[C@H]2[C@@H]3[C@H](OCCCN)C[C@@H]4CC(OCCCN)CC[C@]4(C)[C@H]3C[C@H](OCCCN)[C@]12C. The molecule has 7 heteroatoms. The van der Waals surface area contributed by atoms with E-state index < -0.39 is 0 Å². The van der Waals surface area contributed by atoms with Gasteiger partial charge in [-0.3, -0.25) is 0 Å². The quantitative estimate of drug-likeness (QED) is 0.0594. The summed E-state index contributed by atoms with van der Waals surface area (Å²) in [4.78, 5) is 0. The molecule has 7 nitrogen and oxygen atoms in total. The molecule has 306 valence electrons. The van der Waals surface area contributed by atoms with Crippen molar-refractivity contribution in [3.63, 3.8) is 0 Å². The molecule has 4 rings (SSSR count). The standard InChI is InChI=1S/C45H88N4O3/c1-5-6-7-8-9-10-11-12-13-14-27-49-28-15-19-35(2)38-20-21-39-43-40(34-42(45(38,39)4)52-31-18-26-48)44(3)23-22-37(50-29-16-24-46)32-36(44)33-41(43)51-30-17-25-47/h35-43,49H,5-34,46-48H2,1-4H3/t35-,36+,37?,38-,39+,40+,41-,42+,43+,44+,45-/m1/s1. The lowest BCUT2D eigenvalue weighted by molar-refractivity contribution is -0.227. The van der Waals surface area contributed by atoms with Crippen molar-refractivity contribution in [3.8, 4) is 0 Å². The van der Waals surface area contributed by atoms with Gasteiger partial charge in [0.15, 0.2) is 0 Å². The van der Waals surface area contributed by atoms with E-state index in [0.717, 1.165) is 52.0 Å². The van der Waals surface area contributed by atoms with Gasteiger partial charge >= 0.3 is 0 Å². The van der Waals surface area contributed by atoms with Crippen LogP contribution in [-0.2, 0) is 14.2 Å². The predicted octanol–water partition coefficient (Wildman–Crippen LogP) is 8.99. The fourth-order valence-corrected chi connectivity index (χ4v) is 12.2. The van der Waals surface area contributed by atoms with E-state index in [1.54, 1.807) is 0 Å². The second kappa shape index (κ2) is 23.7. The Kier molecular flexibility index (Phi) is 20.3. The summed E-state index contributed by atoms with van der Waals surface area (Å²) in [5.41, 5.74) is 18.3. The Morgan fingerprint density at radius 1 is 0.654 bits per heavy atom. The number of rotatable bonds is 28. The van der Waals surface area contributed by atoms with E-state index in [0.29, 0.717) is 78.9 Å². The molecule has 0 bridgehead atoms. The first-order valence-electron chi connectivity index (χ1n) is 23.0. The van der Waals surface area contributed by atoms with E-state index in [-0.39, 0.29) is 5.41 Å². The molecule has 0 aromatic carbocycles. The third-order valence-electron chi connectivity index (χ3n) is 15.2. The third kappa shape index (κ3) is 11.9. The normalized spacial score (nSPS) is 34.9. The molecule has 0 spiro atoms. The first kappa shape index (κ1) is 44.4. The van der Waals surface area contributed by atoms with Crippen molar-refractivity contribution in [3.05, 3.63) is 0 Å². The average Bonchev–Trinajstić information content (AvgIpc) is 3.50. The minimum absolute atomic E-state index is 0.180. The van der Waals surface area contributed by atoms with Crippen molar-refractivity contribution in [2.45, 2.75) is 187 Å². The number of unbranched alkanes of at least 4 members (excludes halogenated alkanes) is 9. The Morgan fingerprint density at radius 3 is 1.94 bits per heavy atom. The molecule has 0 saturated heterocycles. The summed E-state index contributed by atoms with van der Waals surface area (Å²) in [5.74, 6) is 3.92. The molecule has 52 heavy (non-hydrogen) atoms. The molecule has 0 aromatic heterocycles. The molecule has 4 fully saturated rings. The predicted molar refractivity (Wildman–Crippen MR) is 219 cm³/mol. The summed E-state index contributed by atoms with van der Waals surface area (Å²) in [6, 6.07) is 0. The summed E-state index contributed by atoms with van der Waals surface area (Å²) in [6.07, 6.45) is 29.1. The Morgan fingerprint density at radius 2 is 1.27 bits per heavy atom. The van der Waals surface area contributed by atoms with Crippen molar-refractivity contribution >= 4 is 0 Å². The van der Waals surface area contributed by atoms with E-state index in [4.69, 9.17) is 31.4 Å². The Bertz CT molecular complexity index is 940. The minimum Gasteiger partial charge on any atom is -0.378 e. The second-order valence-electron chi connectivity index (χ2n) is 18.5. The first-order valence-corrected chi connectivity index (χ1v) is 23.0. The topological polar surface area (TPSA) is 118 Å². The number of fused-ring (bicyclic) bond motifs is 5. The van der Waals surface area contributed by atoms with Gasteiger partial charge in [-0.1, -0.05) is 85.5 Å². The molecular weight excluding hydrogens is 645 g/mol. The van der Waals surface area contributed by atoms with Crippen LogP contribution in [0.25, 0.3) is 0 Å². The molecule has 0 aliphatic heterocycles. The highest BCUT2D eigenvalue weighted by atomic mass is 16.5. The number of hydrogen-bond acceptors (Lipinski definition) is 7. The molecule has 7 N–H and O–H groups in total. The van der Waals surface area contributed by atoms with Crippen LogP contribution in [0.3, 0.4) is 0 Å². The monoisotopic (exact) mass is 733 g/mol. The van der Waals surface area contributed by atoms with E-state index in [1.807, 2.05) is 0 Å². The lowest BCUT2D eigenvalue weighted by Crippen LogP contribution is -2.63. The molecular formula is C45H88N4O3. The zero-order valence-corrected chi connectivity index (χ0v) is 34.9. The number of hydrogen-bond donors (Lipinski definition) is 4. The lowest BCUT2D eigenvalue weighted by Gasteiger charge is -2.65. The molecule has 0 heterocycles. The fraction of sp³-hybridized carbons (Fsp3) is 1.00. The van der Waals surface area contributed by atoms with Gasteiger partial charge in [-0.2, -0.15) is 0 Å². The first-order chi connectivity index (χ1) is 25.3. The summed E-state index contributed by atoms with van der Waals surface area (Å²) in [6.45, 7) is 17.0. The zero-order valence-electron chi connectivity index (χ0n) is 34.9. The van der Waals surface area contributed by atoms with Crippen molar-refractivity contribution in [1.82, 2.24) is 5.32 Å². The Balaban J connectivity index is 1.36. The summed E-state index contributed by atoms with van der Waals surface area (Å²) in [7, 11) is 0. The van der Waals surface area contributed by atoms with Crippen molar-refractivity contribution in [2.75, 3.05) is 52.5 Å². The van der Waals surface area contributed by atoms with E-state index in [9.17, 15) is 0 Å². The number of nitrogens with two attached hydrogens (primary N) is 3. The molecule has 0 aromatic rings. The van der Waals surface area contributed by atoms with Crippen molar-refractivity contribution < 1.29 is 14.2 Å². The maximum absolute atomic E-state index is 7.06. The van der Waals surface area contributed by atoms with Crippen LogP contribution in [0.4, 0.5) is 0 Å².